The summed E-state index contributed by atoms with van der Waals surface area (Å²) in [5.74, 6) is -2.08. The Morgan fingerprint density at radius 1 is 1.30 bits per heavy atom. The minimum absolute atomic E-state index is 0.0298. The molecule has 20 heavy (non-hydrogen) atoms. The first kappa shape index (κ1) is 14.3. The maximum absolute atomic E-state index is 13.6. The number of hydrogen-bond donors (Lipinski definition) is 1. The molecule has 0 unspecified atom stereocenters. The van der Waals surface area contributed by atoms with Crippen molar-refractivity contribution in [2.45, 2.75) is 12.8 Å². The average Bonchev–Trinajstić information content (AvgIpc) is 2.86. The molecule has 0 fully saturated rings. The molecule has 0 saturated carbocycles. The van der Waals surface area contributed by atoms with E-state index < -0.39 is 29.9 Å². The number of methoxy groups -OCH3 is 1. The lowest BCUT2D eigenvalue weighted by molar-refractivity contribution is -0.140. The lowest BCUT2D eigenvalue weighted by Crippen LogP contribution is -2.09. The molecule has 1 aromatic heterocycles. The first-order valence-electron chi connectivity index (χ1n) is 5.38. The van der Waals surface area contributed by atoms with Crippen molar-refractivity contribution in [1.82, 2.24) is 5.16 Å². The molecule has 0 aliphatic heterocycles. The highest BCUT2D eigenvalue weighted by Gasteiger charge is 2.36. The molecule has 0 aliphatic carbocycles. The van der Waals surface area contributed by atoms with Gasteiger partial charge in [-0.05, 0) is 12.1 Å². The van der Waals surface area contributed by atoms with Gasteiger partial charge in [-0.1, -0.05) is 5.16 Å². The topological polar surface area (TPSA) is 55.5 Å². The van der Waals surface area contributed by atoms with Gasteiger partial charge in [0.25, 0.3) is 0 Å². The van der Waals surface area contributed by atoms with Crippen molar-refractivity contribution in [1.29, 1.82) is 0 Å². The molecule has 0 radical (unpaired) electrons. The molecule has 2 rings (SSSR count). The van der Waals surface area contributed by atoms with Crippen LogP contribution in [0, 0.1) is 5.82 Å². The van der Waals surface area contributed by atoms with Gasteiger partial charge in [0, 0.05) is 11.6 Å². The molecule has 2 aromatic rings. The molecule has 0 bridgehead atoms. The van der Waals surface area contributed by atoms with Gasteiger partial charge in [0.05, 0.1) is 19.3 Å². The Bertz CT molecular complexity index is 622. The van der Waals surface area contributed by atoms with Gasteiger partial charge in [0.1, 0.15) is 5.69 Å². The summed E-state index contributed by atoms with van der Waals surface area (Å²) < 4.78 is 61.2. The van der Waals surface area contributed by atoms with E-state index in [-0.39, 0.29) is 17.0 Å². The quantitative estimate of drug-likeness (QED) is 0.883. The van der Waals surface area contributed by atoms with Gasteiger partial charge < -0.3 is 14.4 Å². The number of benzene rings is 1. The minimum Gasteiger partial charge on any atom is -0.494 e. The molecule has 8 heteroatoms. The summed E-state index contributed by atoms with van der Waals surface area (Å²) in [7, 11) is 1.06. The highest BCUT2D eigenvalue weighted by molar-refractivity contribution is 5.62. The van der Waals surface area contributed by atoms with Gasteiger partial charge in [-0.15, -0.1) is 0 Å². The Morgan fingerprint density at radius 2 is 2.00 bits per heavy atom. The summed E-state index contributed by atoms with van der Waals surface area (Å²) >= 11 is 0. The highest BCUT2D eigenvalue weighted by Crippen LogP contribution is 2.38. The van der Waals surface area contributed by atoms with Crippen LogP contribution in [0.15, 0.2) is 22.7 Å². The summed E-state index contributed by atoms with van der Waals surface area (Å²) in [4.78, 5) is 0. The molecule has 0 aliphatic rings. The molecule has 1 N–H and O–H groups in total. The van der Waals surface area contributed by atoms with Crippen LogP contribution in [0.4, 0.5) is 17.6 Å². The SMILES string of the molecule is COc1cc(-c2cc(CO)no2)cc(C(F)(F)F)c1F. The van der Waals surface area contributed by atoms with Crippen LogP contribution in [0.25, 0.3) is 11.3 Å². The first-order chi connectivity index (χ1) is 9.36. The van der Waals surface area contributed by atoms with Crippen LogP contribution in [-0.2, 0) is 12.8 Å². The third-order valence-corrected chi connectivity index (χ3v) is 2.57. The number of rotatable bonds is 3. The van der Waals surface area contributed by atoms with Gasteiger partial charge in [-0.25, -0.2) is 4.39 Å². The van der Waals surface area contributed by atoms with Crippen molar-refractivity contribution >= 4 is 0 Å². The summed E-state index contributed by atoms with van der Waals surface area (Å²) in [5.41, 5.74) is -1.37. The van der Waals surface area contributed by atoms with Crippen molar-refractivity contribution in [2.24, 2.45) is 0 Å². The molecule has 0 amide bonds. The van der Waals surface area contributed by atoms with E-state index in [0.717, 1.165) is 13.2 Å². The zero-order valence-corrected chi connectivity index (χ0v) is 10.2. The van der Waals surface area contributed by atoms with E-state index in [9.17, 15) is 17.6 Å². The Kier molecular flexibility index (Phi) is 3.67. The van der Waals surface area contributed by atoms with Crippen molar-refractivity contribution in [2.75, 3.05) is 7.11 Å². The molecule has 108 valence electrons. The summed E-state index contributed by atoms with van der Waals surface area (Å²) in [6.45, 7) is -0.423. The number of aliphatic hydroxyl groups excluding tert-OH is 1. The van der Waals surface area contributed by atoms with Gasteiger partial charge in [-0.3, -0.25) is 0 Å². The third kappa shape index (κ3) is 2.60. The lowest BCUT2D eigenvalue weighted by Gasteiger charge is -2.12. The highest BCUT2D eigenvalue weighted by atomic mass is 19.4. The second-order valence-corrected chi connectivity index (χ2v) is 3.88. The number of aromatic nitrogens is 1. The van der Waals surface area contributed by atoms with E-state index in [1.807, 2.05) is 0 Å². The van der Waals surface area contributed by atoms with Crippen LogP contribution in [0.3, 0.4) is 0 Å². The number of ether oxygens (including phenoxy) is 1. The predicted molar refractivity (Wildman–Crippen MR) is 59.4 cm³/mol. The normalized spacial score (nSPS) is 11.7. The second kappa shape index (κ2) is 5.12. The van der Waals surface area contributed by atoms with Crippen molar-refractivity contribution in [3.8, 4) is 17.1 Å². The number of nitrogens with zero attached hydrogens (tertiary/aromatic N) is 1. The predicted octanol–water partition coefficient (Wildman–Crippen LogP) is 3.00. The Morgan fingerprint density at radius 3 is 2.50 bits per heavy atom. The first-order valence-corrected chi connectivity index (χ1v) is 5.38. The summed E-state index contributed by atoms with van der Waals surface area (Å²) in [5, 5.41) is 12.3. The molecule has 1 heterocycles. The van der Waals surface area contributed by atoms with Crippen LogP contribution in [0.2, 0.25) is 0 Å². The smallest absolute Gasteiger partial charge is 0.419 e. The maximum Gasteiger partial charge on any atom is 0.419 e. The molecule has 0 saturated heterocycles. The molecule has 1 aromatic carbocycles. The number of alkyl halides is 3. The minimum atomic E-state index is -4.87. The second-order valence-electron chi connectivity index (χ2n) is 3.88. The average molecular weight is 291 g/mol. The van der Waals surface area contributed by atoms with Gasteiger partial charge >= 0.3 is 6.18 Å². The summed E-state index contributed by atoms with van der Waals surface area (Å²) in [6.07, 6.45) is -4.87. The molecular weight excluding hydrogens is 282 g/mol. The van der Waals surface area contributed by atoms with Crippen LogP contribution >= 0.6 is 0 Å². The fourth-order valence-corrected chi connectivity index (χ4v) is 1.62. The van der Waals surface area contributed by atoms with Gasteiger partial charge in [0.2, 0.25) is 0 Å². The van der Waals surface area contributed by atoms with Gasteiger partial charge in [-0.2, -0.15) is 13.2 Å². The standard InChI is InChI=1S/C12H9F4NO3/c1-19-10-3-6(9-4-7(5-18)17-20-9)2-8(11(10)13)12(14,15)16/h2-4,18H,5H2,1H3. The van der Waals surface area contributed by atoms with E-state index in [1.54, 1.807) is 0 Å². The fourth-order valence-electron chi connectivity index (χ4n) is 1.62. The number of hydrogen-bond acceptors (Lipinski definition) is 4. The van der Waals surface area contributed by atoms with E-state index in [0.29, 0.717) is 6.07 Å². The third-order valence-electron chi connectivity index (χ3n) is 2.57. The number of aliphatic hydroxyl groups is 1. The lowest BCUT2D eigenvalue weighted by atomic mass is 10.1. The molecule has 0 atom stereocenters. The Hall–Kier alpha value is -2.09. The number of halogens is 4. The maximum atomic E-state index is 13.6. The Labute approximate surface area is 110 Å². The zero-order valence-electron chi connectivity index (χ0n) is 10.2. The molecule has 4 nitrogen and oxygen atoms in total. The van der Waals surface area contributed by atoms with Gasteiger partial charge in [0.15, 0.2) is 17.3 Å². The molecular formula is C12H9F4NO3. The summed E-state index contributed by atoms with van der Waals surface area (Å²) in [6, 6.07) is 2.92. The van der Waals surface area contributed by atoms with Crippen LogP contribution in [-0.4, -0.2) is 17.4 Å². The van der Waals surface area contributed by atoms with Crippen LogP contribution in [0.5, 0.6) is 5.75 Å². The van der Waals surface area contributed by atoms with Crippen molar-refractivity contribution in [3.63, 3.8) is 0 Å². The monoisotopic (exact) mass is 291 g/mol. The fraction of sp³-hybridized carbons (Fsp3) is 0.250. The Balaban J connectivity index is 2.59. The van der Waals surface area contributed by atoms with Crippen LogP contribution in [0.1, 0.15) is 11.3 Å². The van der Waals surface area contributed by atoms with Crippen molar-refractivity contribution in [3.05, 3.63) is 35.3 Å². The van der Waals surface area contributed by atoms with E-state index in [2.05, 4.69) is 9.89 Å². The molecule has 0 spiro atoms. The zero-order chi connectivity index (χ0) is 14.9. The van der Waals surface area contributed by atoms with E-state index in [4.69, 9.17) is 9.63 Å². The van der Waals surface area contributed by atoms with E-state index >= 15 is 0 Å². The van der Waals surface area contributed by atoms with E-state index in [1.165, 1.54) is 6.07 Å². The van der Waals surface area contributed by atoms with Crippen LogP contribution < -0.4 is 4.74 Å². The van der Waals surface area contributed by atoms with Crippen molar-refractivity contribution < 1.29 is 31.9 Å². The largest absolute Gasteiger partial charge is 0.494 e.